The zero-order valence-electron chi connectivity index (χ0n) is 11.0. The lowest BCUT2D eigenvalue weighted by Gasteiger charge is -2.06. The maximum absolute atomic E-state index is 12.4. The van der Waals surface area contributed by atoms with Gasteiger partial charge < -0.3 is 0 Å². The van der Waals surface area contributed by atoms with E-state index in [0.29, 0.717) is 22.0 Å². The molecule has 4 heteroatoms. The van der Waals surface area contributed by atoms with E-state index in [4.69, 9.17) is 23.2 Å². The Morgan fingerprint density at radius 1 is 1.00 bits per heavy atom. The molecule has 0 saturated heterocycles. The second-order valence-corrected chi connectivity index (χ2v) is 5.53. The predicted octanol–water partition coefficient (Wildman–Crippen LogP) is 4.97. The SMILES string of the molecule is O=C(Cc1ccnc2ccccc12)c1ccc(Cl)c(Cl)c1. The molecular weight excluding hydrogens is 305 g/mol. The molecule has 3 rings (SSSR count). The molecule has 2 aromatic carbocycles. The van der Waals surface area contributed by atoms with Crippen molar-refractivity contribution >= 4 is 39.9 Å². The normalized spacial score (nSPS) is 10.8. The van der Waals surface area contributed by atoms with Crippen LogP contribution in [-0.2, 0) is 6.42 Å². The minimum atomic E-state index is 0.00456. The van der Waals surface area contributed by atoms with Crippen LogP contribution in [-0.4, -0.2) is 10.8 Å². The van der Waals surface area contributed by atoms with Crippen LogP contribution in [0.2, 0.25) is 10.0 Å². The summed E-state index contributed by atoms with van der Waals surface area (Å²) in [5, 5.41) is 1.83. The number of hydrogen-bond donors (Lipinski definition) is 0. The number of carbonyl (C=O) groups excluding carboxylic acids is 1. The van der Waals surface area contributed by atoms with Crippen LogP contribution in [0.3, 0.4) is 0 Å². The van der Waals surface area contributed by atoms with Gasteiger partial charge in [-0.3, -0.25) is 9.78 Å². The molecule has 0 atom stereocenters. The maximum Gasteiger partial charge on any atom is 0.167 e. The number of Topliss-reactive ketones (excluding diaryl/α,β-unsaturated/α-hetero) is 1. The van der Waals surface area contributed by atoms with Gasteiger partial charge in [0.25, 0.3) is 0 Å². The number of hydrogen-bond acceptors (Lipinski definition) is 2. The van der Waals surface area contributed by atoms with Crippen LogP contribution in [0, 0.1) is 0 Å². The topological polar surface area (TPSA) is 30.0 Å². The smallest absolute Gasteiger partial charge is 0.167 e. The Balaban J connectivity index is 1.94. The molecule has 0 aliphatic heterocycles. The number of halogens is 2. The van der Waals surface area contributed by atoms with Gasteiger partial charge in [0.2, 0.25) is 0 Å². The monoisotopic (exact) mass is 315 g/mol. The van der Waals surface area contributed by atoms with Gasteiger partial charge in [0.05, 0.1) is 15.6 Å². The number of benzene rings is 2. The number of rotatable bonds is 3. The molecule has 1 aromatic heterocycles. The van der Waals surface area contributed by atoms with Crippen molar-refractivity contribution < 1.29 is 4.79 Å². The minimum Gasteiger partial charge on any atom is -0.294 e. The Bertz CT molecular complexity index is 825. The van der Waals surface area contributed by atoms with Crippen LogP contribution in [0.25, 0.3) is 10.9 Å². The fourth-order valence-corrected chi connectivity index (χ4v) is 2.55. The molecular formula is C17H11Cl2NO. The second kappa shape index (κ2) is 5.84. The predicted molar refractivity (Wildman–Crippen MR) is 86.2 cm³/mol. The van der Waals surface area contributed by atoms with Gasteiger partial charge in [0.15, 0.2) is 5.78 Å². The highest BCUT2D eigenvalue weighted by atomic mass is 35.5. The Kier molecular flexibility index (Phi) is 3.91. The molecule has 0 unspecified atom stereocenters. The molecule has 3 aromatic rings. The fourth-order valence-electron chi connectivity index (χ4n) is 2.25. The highest BCUT2D eigenvalue weighted by Crippen LogP contribution is 2.24. The molecule has 1 heterocycles. The summed E-state index contributed by atoms with van der Waals surface area (Å²) in [6.07, 6.45) is 2.03. The Hall–Kier alpha value is -1.90. The van der Waals surface area contributed by atoms with Gasteiger partial charge in [-0.25, -0.2) is 0 Å². The molecule has 0 saturated carbocycles. The quantitative estimate of drug-likeness (QED) is 0.639. The largest absolute Gasteiger partial charge is 0.294 e. The average molecular weight is 316 g/mol. The molecule has 104 valence electrons. The van der Waals surface area contributed by atoms with Crippen molar-refractivity contribution in [3.8, 4) is 0 Å². The lowest BCUT2D eigenvalue weighted by Crippen LogP contribution is -2.04. The van der Waals surface area contributed by atoms with Crippen LogP contribution < -0.4 is 0 Å². The first-order valence-corrected chi connectivity index (χ1v) is 7.21. The van der Waals surface area contributed by atoms with Crippen LogP contribution in [0.1, 0.15) is 15.9 Å². The van der Waals surface area contributed by atoms with E-state index in [2.05, 4.69) is 4.98 Å². The van der Waals surface area contributed by atoms with Crippen LogP contribution in [0.5, 0.6) is 0 Å². The maximum atomic E-state index is 12.4. The number of pyridine rings is 1. The third kappa shape index (κ3) is 2.92. The van der Waals surface area contributed by atoms with Crippen molar-refractivity contribution in [3.05, 3.63) is 75.9 Å². The van der Waals surface area contributed by atoms with E-state index in [9.17, 15) is 4.79 Å². The molecule has 0 N–H and O–H groups in total. The Morgan fingerprint density at radius 3 is 2.62 bits per heavy atom. The molecule has 0 fully saturated rings. The summed E-state index contributed by atoms with van der Waals surface area (Å²) in [5.74, 6) is 0.00456. The van der Waals surface area contributed by atoms with Crippen LogP contribution in [0.4, 0.5) is 0 Å². The van der Waals surface area contributed by atoms with E-state index < -0.39 is 0 Å². The third-order valence-corrected chi connectivity index (χ3v) is 4.07. The molecule has 0 amide bonds. The fraction of sp³-hybridized carbons (Fsp3) is 0.0588. The Labute approximate surface area is 132 Å². The standard InChI is InChI=1S/C17H11Cl2NO/c18-14-6-5-12(9-15(14)19)17(21)10-11-7-8-20-16-4-2-1-3-13(11)16/h1-9H,10H2. The summed E-state index contributed by atoms with van der Waals surface area (Å²) in [6.45, 7) is 0. The Morgan fingerprint density at radius 2 is 1.81 bits per heavy atom. The van der Waals surface area contributed by atoms with Crippen molar-refractivity contribution in [2.45, 2.75) is 6.42 Å². The number of para-hydroxylation sites is 1. The van der Waals surface area contributed by atoms with Crippen molar-refractivity contribution in [3.63, 3.8) is 0 Å². The van der Waals surface area contributed by atoms with E-state index in [-0.39, 0.29) is 5.78 Å². The van der Waals surface area contributed by atoms with Gasteiger partial charge in [-0.2, -0.15) is 0 Å². The second-order valence-electron chi connectivity index (χ2n) is 4.72. The van der Waals surface area contributed by atoms with Gasteiger partial charge in [-0.15, -0.1) is 0 Å². The molecule has 0 radical (unpaired) electrons. The lowest BCUT2D eigenvalue weighted by molar-refractivity contribution is 0.0993. The summed E-state index contributed by atoms with van der Waals surface area (Å²) >= 11 is 11.8. The highest BCUT2D eigenvalue weighted by molar-refractivity contribution is 6.42. The number of ketones is 1. The molecule has 2 nitrogen and oxygen atoms in total. The molecule has 0 spiro atoms. The van der Waals surface area contributed by atoms with Crippen molar-refractivity contribution in [2.75, 3.05) is 0 Å². The number of aromatic nitrogens is 1. The molecule has 21 heavy (non-hydrogen) atoms. The molecule has 0 bridgehead atoms. The molecule has 0 aliphatic rings. The van der Waals surface area contributed by atoms with E-state index in [1.54, 1.807) is 24.4 Å². The summed E-state index contributed by atoms with van der Waals surface area (Å²) < 4.78 is 0. The summed E-state index contributed by atoms with van der Waals surface area (Å²) in [5.41, 5.74) is 2.40. The van der Waals surface area contributed by atoms with E-state index >= 15 is 0 Å². The summed E-state index contributed by atoms with van der Waals surface area (Å²) in [4.78, 5) is 16.7. The van der Waals surface area contributed by atoms with Crippen molar-refractivity contribution in [2.24, 2.45) is 0 Å². The van der Waals surface area contributed by atoms with Gasteiger partial charge in [-0.05, 0) is 35.9 Å². The van der Waals surface area contributed by atoms with E-state index in [1.807, 2.05) is 30.3 Å². The number of fused-ring (bicyclic) bond motifs is 1. The summed E-state index contributed by atoms with van der Waals surface area (Å²) in [7, 11) is 0. The van der Waals surface area contributed by atoms with Gasteiger partial charge >= 0.3 is 0 Å². The minimum absolute atomic E-state index is 0.00456. The first kappa shape index (κ1) is 14.1. The van der Waals surface area contributed by atoms with E-state index in [0.717, 1.165) is 16.5 Å². The summed E-state index contributed by atoms with van der Waals surface area (Å²) in [6, 6.07) is 14.6. The van der Waals surface area contributed by atoms with Gasteiger partial charge in [-0.1, -0.05) is 41.4 Å². The average Bonchev–Trinajstić information content (AvgIpc) is 2.50. The van der Waals surface area contributed by atoms with Crippen molar-refractivity contribution in [1.82, 2.24) is 4.98 Å². The highest BCUT2D eigenvalue weighted by Gasteiger charge is 2.11. The number of nitrogens with zero attached hydrogens (tertiary/aromatic N) is 1. The zero-order valence-corrected chi connectivity index (χ0v) is 12.5. The van der Waals surface area contributed by atoms with E-state index in [1.165, 1.54) is 0 Å². The first-order valence-electron chi connectivity index (χ1n) is 6.46. The lowest BCUT2D eigenvalue weighted by atomic mass is 10.0. The third-order valence-electron chi connectivity index (χ3n) is 3.33. The zero-order chi connectivity index (χ0) is 14.8. The number of carbonyl (C=O) groups is 1. The van der Waals surface area contributed by atoms with Gasteiger partial charge in [0, 0.05) is 23.6 Å². The van der Waals surface area contributed by atoms with Gasteiger partial charge in [0.1, 0.15) is 0 Å². The first-order chi connectivity index (χ1) is 10.1. The van der Waals surface area contributed by atoms with Crippen LogP contribution >= 0.6 is 23.2 Å². The van der Waals surface area contributed by atoms with Crippen molar-refractivity contribution in [1.29, 1.82) is 0 Å². The molecule has 0 aliphatic carbocycles. The van der Waals surface area contributed by atoms with Crippen LogP contribution in [0.15, 0.2) is 54.7 Å².